The number of nitrogens with zero attached hydrogens (tertiary/aromatic N) is 4. The number of aromatic nitrogens is 3. The van der Waals surface area contributed by atoms with Crippen molar-refractivity contribution in [1.29, 1.82) is 5.26 Å². The second kappa shape index (κ2) is 8.38. The zero-order chi connectivity index (χ0) is 19.2. The zero-order valence-corrected chi connectivity index (χ0v) is 15.7. The van der Waals surface area contributed by atoms with Gasteiger partial charge in [-0.25, -0.2) is 4.79 Å². The summed E-state index contributed by atoms with van der Waals surface area (Å²) in [6.45, 7) is 4.24. The Balaban J connectivity index is 1.68. The molecule has 0 unspecified atom stereocenters. The second-order valence-corrected chi connectivity index (χ2v) is 7.29. The molecule has 0 radical (unpaired) electrons. The van der Waals surface area contributed by atoms with Crippen LogP contribution in [0.3, 0.4) is 0 Å². The highest BCUT2D eigenvalue weighted by Crippen LogP contribution is 2.26. The number of rotatable bonds is 5. The molecule has 0 atom stereocenters. The number of carbonyl (C=O) groups is 1. The van der Waals surface area contributed by atoms with Gasteiger partial charge >= 0.3 is 6.03 Å². The van der Waals surface area contributed by atoms with Crippen LogP contribution < -0.4 is 10.6 Å². The van der Waals surface area contributed by atoms with E-state index in [2.05, 4.69) is 45.7 Å². The highest BCUT2D eigenvalue weighted by atomic mass is 32.1. The van der Waals surface area contributed by atoms with Crippen LogP contribution in [0.4, 0.5) is 15.6 Å². The van der Waals surface area contributed by atoms with Crippen molar-refractivity contribution in [3.8, 4) is 16.6 Å². The maximum atomic E-state index is 12.3. The van der Waals surface area contributed by atoms with E-state index in [4.69, 9.17) is 0 Å². The molecule has 0 aliphatic rings. The van der Waals surface area contributed by atoms with Gasteiger partial charge in [-0.3, -0.25) is 10.3 Å². The Hall–Kier alpha value is -3.31. The van der Waals surface area contributed by atoms with E-state index in [0.29, 0.717) is 27.3 Å². The molecule has 7 nitrogen and oxygen atoms in total. The third-order valence-electron chi connectivity index (χ3n) is 3.67. The average molecular weight is 378 g/mol. The fourth-order valence-corrected chi connectivity index (χ4v) is 3.27. The summed E-state index contributed by atoms with van der Waals surface area (Å²) in [6.07, 6.45) is 4.22. The highest BCUT2D eigenvalue weighted by Gasteiger charge is 2.12. The van der Waals surface area contributed by atoms with Crippen LogP contribution in [-0.2, 0) is 6.42 Å². The molecule has 8 heteroatoms. The van der Waals surface area contributed by atoms with Gasteiger partial charge in [-0.2, -0.15) is 5.26 Å². The van der Waals surface area contributed by atoms with Crippen LogP contribution in [0.5, 0.6) is 0 Å². The SMILES string of the molecule is CC(C)Cc1ccc(NC(=O)Nc2nnc(-c3ccncc3)s2)c(C#N)c1. The fraction of sp³-hybridized carbons (Fsp3) is 0.211. The van der Waals surface area contributed by atoms with Gasteiger partial charge in [0.05, 0.1) is 11.3 Å². The molecule has 0 saturated heterocycles. The highest BCUT2D eigenvalue weighted by molar-refractivity contribution is 7.18. The maximum absolute atomic E-state index is 12.3. The molecule has 1 aromatic carbocycles. The number of nitriles is 1. The minimum atomic E-state index is -0.472. The summed E-state index contributed by atoms with van der Waals surface area (Å²) >= 11 is 1.26. The van der Waals surface area contributed by atoms with Crippen molar-refractivity contribution in [1.82, 2.24) is 15.2 Å². The Morgan fingerprint density at radius 1 is 1.19 bits per heavy atom. The van der Waals surface area contributed by atoms with Gasteiger partial charge in [-0.05, 0) is 42.2 Å². The van der Waals surface area contributed by atoms with Crippen molar-refractivity contribution in [2.75, 3.05) is 10.6 Å². The van der Waals surface area contributed by atoms with Gasteiger partial charge in [0.1, 0.15) is 11.1 Å². The molecular weight excluding hydrogens is 360 g/mol. The molecule has 3 rings (SSSR count). The summed E-state index contributed by atoms with van der Waals surface area (Å²) in [6, 6.07) is 10.8. The first-order valence-corrected chi connectivity index (χ1v) is 9.21. The molecule has 0 saturated carbocycles. The van der Waals surface area contributed by atoms with Crippen LogP contribution in [-0.4, -0.2) is 21.2 Å². The normalized spacial score (nSPS) is 10.4. The first kappa shape index (κ1) is 18.5. The van der Waals surface area contributed by atoms with Gasteiger partial charge < -0.3 is 5.32 Å². The lowest BCUT2D eigenvalue weighted by molar-refractivity contribution is 0.262. The van der Waals surface area contributed by atoms with Gasteiger partial charge in [0, 0.05) is 18.0 Å². The Morgan fingerprint density at radius 3 is 2.67 bits per heavy atom. The summed E-state index contributed by atoms with van der Waals surface area (Å²) in [4.78, 5) is 16.2. The van der Waals surface area contributed by atoms with Gasteiger partial charge in [-0.1, -0.05) is 31.3 Å². The molecule has 0 bridgehead atoms. The summed E-state index contributed by atoms with van der Waals surface area (Å²) in [7, 11) is 0. The van der Waals surface area contributed by atoms with E-state index >= 15 is 0 Å². The lowest BCUT2D eigenvalue weighted by Gasteiger charge is -2.10. The molecular formula is C19H18N6OS. The summed E-state index contributed by atoms with van der Waals surface area (Å²) in [5, 5.41) is 23.8. The predicted molar refractivity (Wildman–Crippen MR) is 105 cm³/mol. The van der Waals surface area contributed by atoms with Crippen LogP contribution >= 0.6 is 11.3 Å². The predicted octanol–water partition coefficient (Wildman–Crippen LogP) is 4.31. The van der Waals surface area contributed by atoms with Gasteiger partial charge in [0.2, 0.25) is 5.13 Å². The minimum absolute atomic E-state index is 0.370. The molecule has 2 N–H and O–H groups in total. The minimum Gasteiger partial charge on any atom is -0.306 e. The van der Waals surface area contributed by atoms with Crippen molar-refractivity contribution in [2.24, 2.45) is 5.92 Å². The van der Waals surface area contributed by atoms with E-state index in [1.54, 1.807) is 18.5 Å². The van der Waals surface area contributed by atoms with E-state index in [1.807, 2.05) is 24.3 Å². The zero-order valence-electron chi connectivity index (χ0n) is 14.9. The number of carbonyl (C=O) groups excluding carboxylic acids is 1. The fourth-order valence-electron chi connectivity index (χ4n) is 2.53. The molecule has 136 valence electrons. The molecule has 0 aliphatic heterocycles. The molecule has 2 amide bonds. The van der Waals surface area contributed by atoms with Crippen molar-refractivity contribution >= 4 is 28.2 Å². The Morgan fingerprint density at radius 2 is 1.96 bits per heavy atom. The molecule has 3 aromatic rings. The van der Waals surface area contributed by atoms with E-state index in [0.717, 1.165) is 17.5 Å². The standard InChI is InChI=1S/C19H18N6OS/c1-12(2)9-13-3-4-16(15(10-13)11-20)22-18(26)23-19-25-24-17(27-19)14-5-7-21-8-6-14/h3-8,10,12H,9H2,1-2H3,(H2,22,23,25,26). The summed E-state index contributed by atoms with van der Waals surface area (Å²) < 4.78 is 0. The second-order valence-electron chi connectivity index (χ2n) is 6.32. The summed E-state index contributed by atoms with van der Waals surface area (Å²) in [5.41, 5.74) is 2.83. The van der Waals surface area contributed by atoms with Crippen LogP contribution in [0.1, 0.15) is 25.0 Å². The van der Waals surface area contributed by atoms with Crippen molar-refractivity contribution in [3.05, 3.63) is 53.9 Å². The molecule has 2 heterocycles. The van der Waals surface area contributed by atoms with Crippen LogP contribution in [0.2, 0.25) is 0 Å². The molecule has 27 heavy (non-hydrogen) atoms. The number of pyridine rings is 1. The first-order chi connectivity index (χ1) is 13.0. The first-order valence-electron chi connectivity index (χ1n) is 8.40. The van der Waals surface area contributed by atoms with Gasteiger partial charge in [0.25, 0.3) is 0 Å². The van der Waals surface area contributed by atoms with E-state index in [1.165, 1.54) is 11.3 Å². The largest absolute Gasteiger partial charge is 0.325 e. The van der Waals surface area contributed by atoms with Crippen LogP contribution in [0, 0.1) is 17.2 Å². The number of urea groups is 1. The third kappa shape index (κ3) is 4.86. The monoisotopic (exact) mass is 378 g/mol. The maximum Gasteiger partial charge on any atom is 0.325 e. The van der Waals surface area contributed by atoms with Crippen molar-refractivity contribution in [3.63, 3.8) is 0 Å². The number of nitrogens with one attached hydrogen (secondary N) is 2. The molecule has 2 aromatic heterocycles. The van der Waals surface area contributed by atoms with Crippen molar-refractivity contribution in [2.45, 2.75) is 20.3 Å². The summed E-state index contributed by atoms with van der Waals surface area (Å²) in [5.74, 6) is 0.491. The van der Waals surface area contributed by atoms with Gasteiger partial charge in [0.15, 0.2) is 0 Å². The third-order valence-corrected chi connectivity index (χ3v) is 4.56. The molecule has 0 aliphatic carbocycles. The lowest BCUT2D eigenvalue weighted by atomic mass is 10.0. The van der Waals surface area contributed by atoms with Crippen LogP contribution in [0.25, 0.3) is 10.6 Å². The molecule has 0 fully saturated rings. The number of benzene rings is 1. The van der Waals surface area contributed by atoms with Gasteiger partial charge in [-0.15, -0.1) is 10.2 Å². The molecule has 0 spiro atoms. The Kier molecular flexibility index (Phi) is 5.74. The van der Waals surface area contributed by atoms with E-state index in [9.17, 15) is 10.1 Å². The smallest absolute Gasteiger partial charge is 0.306 e. The Labute approximate surface area is 161 Å². The number of anilines is 2. The lowest BCUT2D eigenvalue weighted by Crippen LogP contribution is -2.20. The quantitative estimate of drug-likeness (QED) is 0.688. The average Bonchev–Trinajstić information content (AvgIpc) is 3.11. The Bertz CT molecular complexity index is 977. The number of hydrogen-bond donors (Lipinski definition) is 2. The van der Waals surface area contributed by atoms with Crippen LogP contribution in [0.15, 0.2) is 42.7 Å². The van der Waals surface area contributed by atoms with E-state index < -0.39 is 6.03 Å². The number of hydrogen-bond acceptors (Lipinski definition) is 6. The van der Waals surface area contributed by atoms with E-state index in [-0.39, 0.29) is 0 Å². The van der Waals surface area contributed by atoms with Crippen molar-refractivity contribution < 1.29 is 4.79 Å². The number of amides is 2. The topological polar surface area (TPSA) is 104 Å².